The second-order valence-electron chi connectivity index (χ2n) is 4.26. The van der Waals surface area contributed by atoms with Crippen molar-refractivity contribution in [2.24, 2.45) is 0 Å². The van der Waals surface area contributed by atoms with Crippen LogP contribution in [0.1, 0.15) is 0 Å². The number of halogens is 1. The lowest BCUT2D eigenvalue weighted by atomic mass is 10.2. The van der Waals surface area contributed by atoms with Crippen LogP contribution in [0.2, 0.25) is 0 Å². The molecule has 2 amide bonds. The highest BCUT2D eigenvalue weighted by molar-refractivity contribution is 9.10. The van der Waals surface area contributed by atoms with Crippen LogP contribution < -0.4 is 10.6 Å². The molecule has 0 radical (unpaired) electrons. The predicted octanol–water partition coefficient (Wildman–Crippen LogP) is 3.97. The van der Waals surface area contributed by atoms with Gasteiger partial charge in [-0.2, -0.15) is 5.10 Å². The summed E-state index contributed by atoms with van der Waals surface area (Å²) in [6.07, 6.45) is 1.74. The fourth-order valence-electron chi connectivity index (χ4n) is 1.84. The molecule has 3 rings (SSSR count). The smallest absolute Gasteiger partial charge is 0.308 e. The SMILES string of the molecule is O=C(Nc1ccc(Br)cc1)Nc1ccc2cn[nH]c2c1. The number of nitrogens with one attached hydrogen (secondary N) is 3. The molecule has 6 heteroatoms. The topological polar surface area (TPSA) is 69.8 Å². The number of carbonyl (C=O) groups is 1. The van der Waals surface area contributed by atoms with Crippen molar-refractivity contribution in [2.75, 3.05) is 10.6 Å². The quantitative estimate of drug-likeness (QED) is 0.665. The molecule has 20 heavy (non-hydrogen) atoms. The zero-order chi connectivity index (χ0) is 13.9. The van der Waals surface area contributed by atoms with Crippen LogP contribution in [0.3, 0.4) is 0 Å². The number of carbonyl (C=O) groups excluding carboxylic acids is 1. The van der Waals surface area contributed by atoms with Crippen LogP contribution in [-0.2, 0) is 0 Å². The Kier molecular flexibility index (Phi) is 3.39. The van der Waals surface area contributed by atoms with Crippen molar-refractivity contribution in [1.29, 1.82) is 0 Å². The van der Waals surface area contributed by atoms with E-state index in [0.717, 1.165) is 21.1 Å². The fourth-order valence-corrected chi connectivity index (χ4v) is 2.11. The van der Waals surface area contributed by atoms with E-state index in [1.165, 1.54) is 0 Å². The molecule has 0 saturated heterocycles. The summed E-state index contributed by atoms with van der Waals surface area (Å²) in [7, 11) is 0. The van der Waals surface area contributed by atoms with Crippen molar-refractivity contribution in [3.05, 3.63) is 53.1 Å². The normalized spacial score (nSPS) is 10.4. The van der Waals surface area contributed by atoms with E-state index >= 15 is 0 Å². The van der Waals surface area contributed by atoms with E-state index in [1.807, 2.05) is 42.5 Å². The highest BCUT2D eigenvalue weighted by atomic mass is 79.9. The maximum absolute atomic E-state index is 11.9. The summed E-state index contributed by atoms with van der Waals surface area (Å²) in [5, 5.41) is 13.3. The summed E-state index contributed by atoms with van der Waals surface area (Å²) < 4.78 is 0.966. The van der Waals surface area contributed by atoms with Crippen molar-refractivity contribution >= 4 is 44.2 Å². The van der Waals surface area contributed by atoms with Crippen LogP contribution in [0.15, 0.2) is 53.1 Å². The average molecular weight is 331 g/mol. The fraction of sp³-hybridized carbons (Fsp3) is 0. The van der Waals surface area contributed by atoms with Gasteiger partial charge < -0.3 is 10.6 Å². The summed E-state index contributed by atoms with van der Waals surface area (Å²) >= 11 is 3.35. The Morgan fingerprint density at radius 1 is 1.05 bits per heavy atom. The number of anilines is 2. The van der Waals surface area contributed by atoms with Gasteiger partial charge in [0.2, 0.25) is 0 Å². The average Bonchev–Trinajstić information content (AvgIpc) is 2.89. The zero-order valence-corrected chi connectivity index (χ0v) is 11.9. The molecule has 5 nitrogen and oxygen atoms in total. The molecule has 3 aromatic rings. The predicted molar refractivity (Wildman–Crippen MR) is 82.9 cm³/mol. The molecule has 0 aliphatic carbocycles. The number of fused-ring (bicyclic) bond motifs is 1. The van der Waals surface area contributed by atoms with Gasteiger partial charge in [0.1, 0.15) is 0 Å². The van der Waals surface area contributed by atoms with Crippen LogP contribution in [0.25, 0.3) is 10.9 Å². The molecule has 0 aliphatic heterocycles. The molecule has 1 heterocycles. The molecule has 0 unspecified atom stereocenters. The summed E-state index contributed by atoms with van der Waals surface area (Å²) in [6, 6.07) is 12.7. The third-order valence-electron chi connectivity index (χ3n) is 2.80. The molecule has 0 saturated carbocycles. The minimum Gasteiger partial charge on any atom is -0.308 e. The van der Waals surface area contributed by atoms with E-state index in [1.54, 1.807) is 6.20 Å². The number of hydrogen-bond acceptors (Lipinski definition) is 2. The van der Waals surface area contributed by atoms with Gasteiger partial charge in [-0.3, -0.25) is 5.10 Å². The van der Waals surface area contributed by atoms with Crippen molar-refractivity contribution in [3.8, 4) is 0 Å². The Balaban J connectivity index is 1.70. The van der Waals surface area contributed by atoms with Crippen LogP contribution >= 0.6 is 15.9 Å². The van der Waals surface area contributed by atoms with E-state index in [-0.39, 0.29) is 6.03 Å². The number of amides is 2. The number of aromatic nitrogens is 2. The summed E-state index contributed by atoms with van der Waals surface area (Å²) in [5.74, 6) is 0. The first-order valence-electron chi connectivity index (χ1n) is 5.97. The second kappa shape index (κ2) is 5.34. The molecular weight excluding hydrogens is 320 g/mol. The van der Waals surface area contributed by atoms with Crippen LogP contribution in [-0.4, -0.2) is 16.2 Å². The highest BCUT2D eigenvalue weighted by Crippen LogP contribution is 2.17. The standard InChI is InChI=1S/C14H11BrN4O/c15-10-2-5-11(6-3-10)17-14(20)18-12-4-1-9-8-16-19-13(9)7-12/h1-8H,(H,16,19)(H2,17,18,20). The molecule has 100 valence electrons. The Bertz CT molecular complexity index is 751. The van der Waals surface area contributed by atoms with Gasteiger partial charge >= 0.3 is 6.03 Å². The first-order chi connectivity index (χ1) is 9.70. The van der Waals surface area contributed by atoms with Crippen LogP contribution in [0, 0.1) is 0 Å². The molecule has 0 atom stereocenters. The van der Waals surface area contributed by atoms with Crippen LogP contribution in [0.4, 0.5) is 16.2 Å². The number of H-pyrrole nitrogens is 1. The molecule has 0 aliphatic rings. The van der Waals surface area contributed by atoms with Crippen molar-refractivity contribution in [3.63, 3.8) is 0 Å². The van der Waals surface area contributed by atoms with Crippen molar-refractivity contribution in [1.82, 2.24) is 10.2 Å². The maximum Gasteiger partial charge on any atom is 0.323 e. The van der Waals surface area contributed by atoms with Gasteiger partial charge in [-0.1, -0.05) is 15.9 Å². The number of urea groups is 1. The van der Waals surface area contributed by atoms with E-state index in [0.29, 0.717) is 5.69 Å². The monoisotopic (exact) mass is 330 g/mol. The van der Waals surface area contributed by atoms with Gasteiger partial charge in [0, 0.05) is 21.2 Å². The van der Waals surface area contributed by atoms with E-state index in [9.17, 15) is 4.79 Å². The van der Waals surface area contributed by atoms with E-state index in [2.05, 4.69) is 36.8 Å². The number of aromatic amines is 1. The minimum atomic E-state index is -0.286. The van der Waals surface area contributed by atoms with Crippen LogP contribution in [0.5, 0.6) is 0 Å². The van der Waals surface area contributed by atoms with Gasteiger partial charge in [0.15, 0.2) is 0 Å². The number of rotatable bonds is 2. The Morgan fingerprint density at radius 3 is 2.55 bits per heavy atom. The maximum atomic E-state index is 11.9. The van der Waals surface area contributed by atoms with E-state index in [4.69, 9.17) is 0 Å². The van der Waals surface area contributed by atoms with Gasteiger partial charge in [-0.25, -0.2) is 4.79 Å². The van der Waals surface area contributed by atoms with Crippen molar-refractivity contribution < 1.29 is 4.79 Å². The molecule has 0 bridgehead atoms. The Labute approximate surface area is 123 Å². The number of benzene rings is 2. The van der Waals surface area contributed by atoms with Gasteiger partial charge in [-0.05, 0) is 42.5 Å². The lowest BCUT2D eigenvalue weighted by Gasteiger charge is -2.07. The Morgan fingerprint density at radius 2 is 1.75 bits per heavy atom. The van der Waals surface area contributed by atoms with Gasteiger partial charge in [0.25, 0.3) is 0 Å². The number of nitrogens with zero attached hydrogens (tertiary/aromatic N) is 1. The molecule has 2 aromatic carbocycles. The molecule has 0 spiro atoms. The second-order valence-corrected chi connectivity index (χ2v) is 5.17. The molecule has 3 N–H and O–H groups in total. The third kappa shape index (κ3) is 2.80. The largest absolute Gasteiger partial charge is 0.323 e. The lowest BCUT2D eigenvalue weighted by Crippen LogP contribution is -2.19. The highest BCUT2D eigenvalue weighted by Gasteiger charge is 2.04. The molecular formula is C14H11BrN4O. The summed E-state index contributed by atoms with van der Waals surface area (Å²) in [5.41, 5.74) is 2.32. The van der Waals surface area contributed by atoms with E-state index < -0.39 is 0 Å². The molecule has 1 aromatic heterocycles. The van der Waals surface area contributed by atoms with Crippen molar-refractivity contribution in [2.45, 2.75) is 0 Å². The molecule has 0 fully saturated rings. The Hall–Kier alpha value is -2.34. The minimum absolute atomic E-state index is 0.286. The number of hydrogen-bond donors (Lipinski definition) is 3. The van der Waals surface area contributed by atoms with Gasteiger partial charge in [0.05, 0.1) is 11.7 Å². The third-order valence-corrected chi connectivity index (χ3v) is 3.33. The lowest BCUT2D eigenvalue weighted by molar-refractivity contribution is 0.262. The summed E-state index contributed by atoms with van der Waals surface area (Å²) in [6.45, 7) is 0. The first kappa shape index (κ1) is 12.7. The van der Waals surface area contributed by atoms with Gasteiger partial charge in [-0.15, -0.1) is 0 Å². The summed E-state index contributed by atoms with van der Waals surface area (Å²) in [4.78, 5) is 11.9. The zero-order valence-electron chi connectivity index (χ0n) is 10.4. The first-order valence-corrected chi connectivity index (χ1v) is 6.77.